The molecule has 12 fully saturated rings. The van der Waals surface area contributed by atoms with Gasteiger partial charge in [-0.1, -0.05) is 262 Å². The summed E-state index contributed by atoms with van der Waals surface area (Å²) in [5.74, 6) is -4.70. The van der Waals surface area contributed by atoms with Gasteiger partial charge in [0, 0.05) is 66.2 Å². The lowest BCUT2D eigenvalue weighted by Gasteiger charge is -2.62. The normalized spacial score (nSPS) is 38.3. The minimum Gasteiger partial charge on any atom is -0.455 e. The van der Waals surface area contributed by atoms with Crippen molar-refractivity contribution in [1.29, 1.82) is 0 Å². The van der Waals surface area contributed by atoms with Gasteiger partial charge >= 0.3 is 87.6 Å². The van der Waals surface area contributed by atoms with Crippen molar-refractivity contribution in [2.24, 2.45) is 47.3 Å². The Morgan fingerprint density at radius 1 is 0.327 bits per heavy atom. The summed E-state index contributed by atoms with van der Waals surface area (Å²) in [4.78, 5) is 64.0. The number of imide groups is 2. The fraction of sp³-hybridized carbons (Fsp3) is 0.350. The molecule has 21 nitrogen and oxygen atoms in total. The third kappa shape index (κ3) is 12.8. The van der Waals surface area contributed by atoms with Gasteiger partial charge in [-0.25, -0.2) is 0 Å². The van der Waals surface area contributed by atoms with E-state index >= 15 is 14.4 Å². The molecule has 4 amide bonds. The summed E-state index contributed by atoms with van der Waals surface area (Å²) in [6, 6.07) is 79.0. The second-order valence-corrected chi connectivity index (χ2v) is 73.2. The lowest BCUT2D eigenvalue weighted by molar-refractivity contribution is -0.141. The van der Waals surface area contributed by atoms with Crippen molar-refractivity contribution in [2.45, 2.75) is 114 Å². The quantitative estimate of drug-likeness (QED) is 0.0548. The number of unbranched alkanes of at least 4 members (excludes halogenated alkanes) is 1. The number of benzene rings is 8. The predicted molar refractivity (Wildman–Crippen MR) is 447 cm³/mol. The average molecular weight is 1720 g/mol. The van der Waals surface area contributed by atoms with Crippen LogP contribution < -0.4 is 41.5 Å². The van der Waals surface area contributed by atoms with Crippen LogP contribution in [0.2, 0.25) is 62.5 Å². The Kier molecular flexibility index (Phi) is 19.3. The molecule has 0 radical (unpaired) electrons. The molecule has 4 saturated carbocycles. The zero-order valence-electron chi connectivity index (χ0n) is 64.6. The first kappa shape index (κ1) is 77.0. The van der Waals surface area contributed by atoms with Gasteiger partial charge in [-0.15, -0.1) is 0 Å². The zero-order chi connectivity index (χ0) is 77.8. The Morgan fingerprint density at radius 2 is 0.558 bits per heavy atom. The van der Waals surface area contributed by atoms with Crippen molar-refractivity contribution < 1.29 is 80.9 Å². The Bertz CT molecular complexity index is 4620. The van der Waals surface area contributed by atoms with Gasteiger partial charge in [-0.3, -0.25) is 29.0 Å². The summed E-state index contributed by atoms with van der Waals surface area (Å²) in [7, 11) is -55.4. The van der Waals surface area contributed by atoms with Crippen molar-refractivity contribution in [3.63, 3.8) is 0 Å². The third-order valence-corrected chi connectivity index (χ3v) is 77.8. The number of fused-ring (bicyclic) bond motifs is 14. The highest BCUT2D eigenvalue weighted by atomic mass is 28.6. The zero-order valence-corrected chi connectivity index (χ0v) is 76.6. The van der Waals surface area contributed by atoms with Gasteiger partial charge in [0.2, 0.25) is 23.6 Å². The fourth-order valence-corrected chi connectivity index (χ4v) is 88.9. The molecular weight excluding hydrogens is 1630 g/mol. The first-order valence-electron chi connectivity index (χ1n) is 40.0. The number of amides is 4. The van der Waals surface area contributed by atoms with Gasteiger partial charge in [-0.2, -0.15) is 0 Å². The molecule has 8 aliphatic heterocycles. The fourth-order valence-electron chi connectivity index (χ4n) is 20.9. The van der Waals surface area contributed by atoms with E-state index in [1.54, 1.807) is 11.9 Å². The Labute approximate surface area is 673 Å². The highest BCUT2D eigenvalue weighted by molar-refractivity contribution is 7.13. The number of likely N-dealkylation sites (tertiary alicyclic amines) is 2. The van der Waals surface area contributed by atoms with E-state index in [0.717, 1.165) is 24.9 Å². The number of hydrogen-bond donors (Lipinski definition) is 0. The van der Waals surface area contributed by atoms with E-state index in [1.807, 2.05) is 249 Å². The summed E-state index contributed by atoms with van der Waals surface area (Å²) in [6.07, 6.45) is 4.79. The van der Waals surface area contributed by atoms with E-state index in [2.05, 4.69) is 39.7 Å². The molecule has 8 aromatic carbocycles. The van der Waals surface area contributed by atoms with Crippen LogP contribution in [0.1, 0.15) is 51.9 Å². The maximum absolute atomic E-state index is 16.0. The van der Waals surface area contributed by atoms with Crippen LogP contribution in [0.4, 0.5) is 0 Å². The molecule has 33 heteroatoms. The molecular formula is C80H94N2O19Si12. The largest absolute Gasteiger partial charge is 0.515 e. The van der Waals surface area contributed by atoms with Gasteiger partial charge in [0.15, 0.2) is 16.6 Å². The molecule has 0 aromatic heterocycles. The number of rotatable bonds is 19. The smallest absolute Gasteiger partial charge is 0.455 e. The summed E-state index contributed by atoms with van der Waals surface area (Å²) in [5, 5.41) is 3.56. The minimum absolute atomic E-state index is 0.129. The third-order valence-electron chi connectivity index (χ3n) is 25.6. The highest BCUT2D eigenvalue weighted by Crippen LogP contribution is 2.67. The maximum Gasteiger partial charge on any atom is 0.515 e. The van der Waals surface area contributed by atoms with Crippen LogP contribution in [-0.2, 0) is 80.9 Å². The minimum atomic E-state index is -5.51. The molecule has 14 unspecified atom stereocenters. The Hall–Kier alpha value is -5.96. The first-order valence-corrected chi connectivity index (χ1v) is 64.8. The number of carbonyl (C=O) groups is 4. The first-order chi connectivity index (χ1) is 54.3. The lowest BCUT2D eigenvalue weighted by atomic mass is 9.81. The van der Waals surface area contributed by atoms with Crippen molar-refractivity contribution in [3.05, 3.63) is 243 Å². The molecule has 12 aliphatic rings. The molecule has 4 aliphatic carbocycles. The van der Waals surface area contributed by atoms with Crippen LogP contribution >= 0.6 is 0 Å². The SMILES string of the molecule is CCCC[Si](C)(C)O[Si](C)(C)CCCN1C(=O)C2C3CC(C2C1=O)C([Si]1(C)O[Si]2(c4ccccc4)O[Si]4(c5ccccc5)O[Si]5(c6ccccc6)O[Si]6(c7ccccc7)O[Si](c7ccccc7)(O[Si](c7ccccc7)(O[Si](c7ccccc7)(O4)O[Si](C)(C4CC7CC4C4C(=O)N(C)C(=O)C74)O6)O2)O[Si](c2ccccc2)(O5)O1)C3. The van der Waals surface area contributed by atoms with E-state index in [4.69, 9.17) is 61.7 Å². The van der Waals surface area contributed by atoms with Crippen LogP contribution in [0.3, 0.4) is 0 Å². The molecule has 8 heterocycles. The van der Waals surface area contributed by atoms with Gasteiger partial charge in [0.25, 0.3) is 0 Å². The Morgan fingerprint density at radius 3 is 0.832 bits per heavy atom. The topological polar surface area (TPSA) is 213 Å². The van der Waals surface area contributed by atoms with Crippen molar-refractivity contribution in [3.8, 4) is 0 Å². The van der Waals surface area contributed by atoms with Crippen molar-refractivity contribution in [1.82, 2.24) is 9.80 Å². The second kappa shape index (κ2) is 28.4. The molecule has 8 saturated heterocycles. The van der Waals surface area contributed by atoms with E-state index in [0.29, 0.717) is 80.1 Å². The molecule has 8 aromatic rings. The van der Waals surface area contributed by atoms with Crippen LogP contribution in [0.5, 0.6) is 0 Å². The van der Waals surface area contributed by atoms with E-state index in [1.165, 1.54) is 4.90 Å². The molecule has 113 heavy (non-hydrogen) atoms. The van der Waals surface area contributed by atoms with Crippen LogP contribution in [0.25, 0.3) is 0 Å². The lowest BCUT2D eigenvalue weighted by Crippen LogP contribution is -2.93. The van der Waals surface area contributed by atoms with Crippen molar-refractivity contribution >= 4 is 169 Å². The Balaban J connectivity index is 0.919. The van der Waals surface area contributed by atoms with Gasteiger partial charge in [0.1, 0.15) is 0 Å². The summed E-state index contributed by atoms with van der Waals surface area (Å²) >= 11 is 0. The standard InChI is InChI=1S/C80H94N2O19Si12/c1-9-10-53-102(3,4)87-103(5,6)54-35-52-82-79(85)74-60-56-70(76(74)80(82)86)72(58-60)105(8)90-108(63-40-23-13-24-41-63)96-110(65-44-27-15-28-45-65)92-106(61-36-19-11-20-37-61)88-104(7,71-57-59-55-69(71)75-73(59)77(83)81(2)78(75)84)89-107(62-38-21-12-22-39-62)94-112(100-110,67-48-31-17-32-49-67)98-109(91-105,64-42-25-14-26-43-64)99-113(95-107,68-50-33-18-34-51-68)101-111(93-106,97-108)66-46-29-16-30-47-66/h11-34,36-51,59-60,69-76H,9-10,35,52-58H2,1-8H3. The molecule has 14 atom stereocenters. The maximum atomic E-state index is 16.0. The molecule has 0 N–H and O–H groups in total. The summed E-state index contributed by atoms with van der Waals surface area (Å²) in [6.45, 7) is 15.8. The average Bonchev–Trinajstić information content (AvgIpc) is 0.822. The molecule has 0 spiro atoms. The van der Waals surface area contributed by atoms with E-state index in [-0.39, 0.29) is 35.5 Å². The van der Waals surface area contributed by atoms with Crippen LogP contribution in [0, 0.1) is 47.3 Å². The number of nitrogens with zero attached hydrogens (tertiary/aromatic N) is 2. The van der Waals surface area contributed by atoms with Gasteiger partial charge < -0.3 is 61.7 Å². The van der Waals surface area contributed by atoms with E-state index in [9.17, 15) is 4.79 Å². The number of carbonyl (C=O) groups excluding carboxylic acids is 4. The van der Waals surface area contributed by atoms with E-state index < -0.39 is 151 Å². The van der Waals surface area contributed by atoms with Gasteiger partial charge in [-0.05, 0) is 107 Å². The monoisotopic (exact) mass is 1720 g/mol. The van der Waals surface area contributed by atoms with Crippen molar-refractivity contribution in [2.75, 3.05) is 13.6 Å². The van der Waals surface area contributed by atoms with Crippen LogP contribution in [0.15, 0.2) is 243 Å². The molecule has 586 valence electrons. The summed E-state index contributed by atoms with van der Waals surface area (Å²) < 4.78 is 131. The van der Waals surface area contributed by atoms with Crippen LogP contribution in [-0.4, -0.2) is 151 Å². The second-order valence-electron chi connectivity index (χ2n) is 33.8. The predicted octanol–water partition coefficient (Wildman–Crippen LogP) is 8.47. The van der Waals surface area contributed by atoms with Gasteiger partial charge in [0.05, 0.1) is 23.7 Å². The molecule has 20 rings (SSSR count). The highest BCUT2D eigenvalue weighted by Gasteiger charge is 2.86. The number of hydrogen-bond acceptors (Lipinski definition) is 19. The summed E-state index contributed by atoms with van der Waals surface area (Å²) in [5.41, 5.74) is -1.21. The molecule has 12 bridgehead atoms.